The van der Waals surface area contributed by atoms with Gasteiger partial charge in [-0.15, -0.1) is 0 Å². The second-order valence-corrected chi connectivity index (χ2v) is 5.83. The molecule has 1 saturated heterocycles. The number of aromatic nitrogens is 3. The monoisotopic (exact) mass is 301 g/mol. The van der Waals surface area contributed by atoms with Crippen LogP contribution in [0.3, 0.4) is 0 Å². The second-order valence-electron chi connectivity index (χ2n) is 5.83. The SMILES string of the molecule is CN1CCN(C(=O)CCCn2cccc2)C[C@@H]1c1ncc[nH]1. The third-order valence-corrected chi connectivity index (χ3v) is 4.31. The molecule has 1 aliphatic rings. The van der Waals surface area contributed by atoms with E-state index in [4.69, 9.17) is 0 Å². The molecule has 0 unspecified atom stereocenters. The predicted molar refractivity (Wildman–Crippen MR) is 84.2 cm³/mol. The average Bonchev–Trinajstić information content (AvgIpc) is 3.21. The molecule has 2 aromatic rings. The zero-order valence-electron chi connectivity index (χ0n) is 13.0. The number of rotatable bonds is 5. The van der Waals surface area contributed by atoms with Crippen molar-refractivity contribution in [3.8, 4) is 0 Å². The second kappa shape index (κ2) is 6.79. The number of nitrogens with one attached hydrogen (secondary N) is 1. The van der Waals surface area contributed by atoms with Gasteiger partial charge in [0.15, 0.2) is 0 Å². The molecule has 0 saturated carbocycles. The highest BCUT2D eigenvalue weighted by Crippen LogP contribution is 2.21. The van der Waals surface area contributed by atoms with Crippen molar-refractivity contribution in [2.24, 2.45) is 0 Å². The van der Waals surface area contributed by atoms with Crippen LogP contribution in [0.15, 0.2) is 36.9 Å². The van der Waals surface area contributed by atoms with Crippen molar-refractivity contribution in [2.75, 3.05) is 26.7 Å². The Labute approximate surface area is 130 Å². The Morgan fingerprint density at radius 1 is 1.36 bits per heavy atom. The summed E-state index contributed by atoms with van der Waals surface area (Å²) in [7, 11) is 2.08. The Morgan fingerprint density at radius 3 is 2.91 bits per heavy atom. The van der Waals surface area contributed by atoms with Gasteiger partial charge in [0.05, 0.1) is 6.04 Å². The quantitative estimate of drug-likeness (QED) is 0.910. The van der Waals surface area contributed by atoms with Gasteiger partial charge in [-0.3, -0.25) is 9.69 Å². The van der Waals surface area contributed by atoms with Gasteiger partial charge in [0.2, 0.25) is 5.91 Å². The van der Waals surface area contributed by atoms with Crippen LogP contribution >= 0.6 is 0 Å². The number of carbonyl (C=O) groups excluding carboxylic acids is 1. The number of likely N-dealkylation sites (N-methyl/N-ethyl adjacent to an activating group) is 1. The van der Waals surface area contributed by atoms with Gasteiger partial charge in [-0.1, -0.05) is 0 Å². The minimum atomic E-state index is 0.164. The first kappa shape index (κ1) is 14.8. The van der Waals surface area contributed by atoms with E-state index in [0.717, 1.165) is 31.9 Å². The van der Waals surface area contributed by atoms with Crippen molar-refractivity contribution in [1.29, 1.82) is 0 Å². The summed E-state index contributed by atoms with van der Waals surface area (Å²) < 4.78 is 2.11. The largest absolute Gasteiger partial charge is 0.354 e. The van der Waals surface area contributed by atoms with Crippen LogP contribution in [0.2, 0.25) is 0 Å². The summed E-state index contributed by atoms with van der Waals surface area (Å²) in [5.74, 6) is 1.18. The Morgan fingerprint density at radius 2 is 2.18 bits per heavy atom. The van der Waals surface area contributed by atoms with Crippen molar-refractivity contribution in [3.63, 3.8) is 0 Å². The fourth-order valence-corrected chi connectivity index (χ4v) is 2.95. The molecule has 3 rings (SSSR count). The van der Waals surface area contributed by atoms with E-state index in [1.54, 1.807) is 6.20 Å². The summed E-state index contributed by atoms with van der Waals surface area (Å²) in [6, 6.07) is 4.18. The molecular weight excluding hydrogens is 278 g/mol. The van der Waals surface area contributed by atoms with Crippen molar-refractivity contribution in [2.45, 2.75) is 25.4 Å². The van der Waals surface area contributed by atoms with Crippen LogP contribution in [-0.2, 0) is 11.3 Å². The van der Waals surface area contributed by atoms with Gasteiger partial charge in [0.1, 0.15) is 5.82 Å². The van der Waals surface area contributed by atoms with Crippen LogP contribution in [0, 0.1) is 0 Å². The predicted octanol–water partition coefficient (Wildman–Crippen LogP) is 1.51. The normalized spacial score (nSPS) is 19.5. The number of nitrogens with zero attached hydrogens (tertiary/aromatic N) is 4. The summed E-state index contributed by atoms with van der Waals surface area (Å²) in [5.41, 5.74) is 0. The van der Waals surface area contributed by atoms with Crippen molar-refractivity contribution in [3.05, 3.63) is 42.7 Å². The topological polar surface area (TPSA) is 57.2 Å². The van der Waals surface area contributed by atoms with E-state index in [1.807, 2.05) is 35.6 Å². The lowest BCUT2D eigenvalue weighted by atomic mass is 10.1. The van der Waals surface area contributed by atoms with Crippen LogP contribution in [-0.4, -0.2) is 56.9 Å². The fourth-order valence-electron chi connectivity index (χ4n) is 2.95. The minimum Gasteiger partial charge on any atom is -0.354 e. The van der Waals surface area contributed by atoms with Crippen molar-refractivity contribution < 1.29 is 4.79 Å². The zero-order valence-corrected chi connectivity index (χ0v) is 13.0. The lowest BCUT2D eigenvalue weighted by Gasteiger charge is -2.38. The van der Waals surface area contributed by atoms with Crippen molar-refractivity contribution in [1.82, 2.24) is 24.3 Å². The molecule has 0 bridgehead atoms. The number of piperazine rings is 1. The van der Waals surface area contributed by atoms with Gasteiger partial charge in [-0.25, -0.2) is 4.98 Å². The molecule has 6 heteroatoms. The first-order chi connectivity index (χ1) is 10.7. The van der Waals surface area contributed by atoms with Crippen LogP contribution in [0.1, 0.15) is 24.7 Å². The summed E-state index contributed by atoms with van der Waals surface area (Å²) in [5, 5.41) is 0. The molecule has 0 aliphatic carbocycles. The van der Waals surface area contributed by atoms with Gasteiger partial charge in [0, 0.05) is 57.4 Å². The number of aromatic amines is 1. The molecule has 118 valence electrons. The number of hydrogen-bond donors (Lipinski definition) is 1. The number of imidazole rings is 1. The maximum Gasteiger partial charge on any atom is 0.222 e. The van der Waals surface area contributed by atoms with Crippen molar-refractivity contribution >= 4 is 5.91 Å². The Bertz CT molecular complexity index is 578. The molecule has 2 aromatic heterocycles. The highest BCUT2D eigenvalue weighted by molar-refractivity contribution is 5.76. The fraction of sp³-hybridized carbons (Fsp3) is 0.500. The minimum absolute atomic E-state index is 0.164. The molecule has 1 atom stereocenters. The lowest BCUT2D eigenvalue weighted by Crippen LogP contribution is -2.49. The van der Waals surface area contributed by atoms with Crippen LogP contribution in [0.25, 0.3) is 0 Å². The molecule has 6 nitrogen and oxygen atoms in total. The smallest absolute Gasteiger partial charge is 0.222 e. The van der Waals surface area contributed by atoms with Gasteiger partial charge in [0.25, 0.3) is 0 Å². The molecule has 22 heavy (non-hydrogen) atoms. The maximum atomic E-state index is 12.4. The summed E-state index contributed by atoms with van der Waals surface area (Å²) >= 11 is 0. The molecule has 1 N–H and O–H groups in total. The zero-order chi connectivity index (χ0) is 15.4. The standard InChI is InChI=1S/C16H23N5O/c1-19-11-12-21(13-14(19)16-17-6-7-18-16)15(22)5-4-10-20-8-2-3-9-20/h2-3,6-9,14H,4-5,10-13H2,1H3,(H,17,18)/t14-/m1/s1. The highest BCUT2D eigenvalue weighted by Gasteiger charge is 2.29. The van der Waals surface area contributed by atoms with Gasteiger partial charge in [-0.05, 0) is 25.6 Å². The van der Waals surface area contributed by atoms with Crippen LogP contribution < -0.4 is 0 Å². The first-order valence-corrected chi connectivity index (χ1v) is 7.82. The number of hydrogen-bond acceptors (Lipinski definition) is 3. The Kier molecular flexibility index (Phi) is 4.58. The number of carbonyl (C=O) groups is 1. The number of amides is 1. The Hall–Kier alpha value is -2.08. The van der Waals surface area contributed by atoms with E-state index >= 15 is 0 Å². The lowest BCUT2D eigenvalue weighted by molar-refractivity contribution is -0.134. The molecule has 0 radical (unpaired) electrons. The van der Waals surface area contributed by atoms with Crippen LogP contribution in [0.5, 0.6) is 0 Å². The van der Waals surface area contributed by atoms with E-state index in [9.17, 15) is 4.79 Å². The molecule has 1 amide bonds. The van der Waals surface area contributed by atoms with Gasteiger partial charge in [-0.2, -0.15) is 0 Å². The highest BCUT2D eigenvalue weighted by atomic mass is 16.2. The summed E-state index contributed by atoms with van der Waals surface area (Å²) in [6.45, 7) is 3.30. The average molecular weight is 301 g/mol. The van der Waals surface area contributed by atoms with E-state index in [-0.39, 0.29) is 11.9 Å². The van der Waals surface area contributed by atoms with E-state index in [0.29, 0.717) is 13.0 Å². The molecule has 1 aliphatic heterocycles. The van der Waals surface area contributed by atoms with Crippen LogP contribution in [0.4, 0.5) is 0 Å². The van der Waals surface area contributed by atoms with E-state index in [2.05, 4.69) is 26.5 Å². The Balaban J connectivity index is 1.52. The molecular formula is C16H23N5O. The summed E-state index contributed by atoms with van der Waals surface area (Å²) in [4.78, 5) is 24.1. The first-order valence-electron chi connectivity index (χ1n) is 7.82. The van der Waals surface area contributed by atoms with E-state index in [1.165, 1.54) is 0 Å². The summed E-state index contributed by atoms with van der Waals surface area (Å²) in [6.07, 6.45) is 9.15. The third-order valence-electron chi connectivity index (χ3n) is 4.31. The third kappa shape index (κ3) is 3.39. The molecule has 1 fully saturated rings. The van der Waals surface area contributed by atoms with Gasteiger partial charge < -0.3 is 14.5 Å². The molecule has 0 spiro atoms. The maximum absolute atomic E-state index is 12.4. The molecule has 3 heterocycles. The molecule has 0 aromatic carbocycles. The van der Waals surface area contributed by atoms with Gasteiger partial charge >= 0.3 is 0 Å². The van der Waals surface area contributed by atoms with E-state index < -0.39 is 0 Å². The number of aryl methyl sites for hydroxylation is 1. The number of H-pyrrole nitrogens is 1.